The van der Waals surface area contributed by atoms with Crippen molar-refractivity contribution < 1.29 is 23.8 Å². The lowest BCUT2D eigenvalue weighted by molar-refractivity contribution is 0.0486. The average molecular weight is 509 g/mol. The first-order valence-corrected chi connectivity index (χ1v) is 10.8. The van der Waals surface area contributed by atoms with Gasteiger partial charge in [0.2, 0.25) is 5.88 Å². The summed E-state index contributed by atoms with van der Waals surface area (Å²) in [6, 6.07) is 7.15. The zero-order valence-corrected chi connectivity index (χ0v) is 20.2. The fourth-order valence-electron chi connectivity index (χ4n) is 2.80. The van der Waals surface area contributed by atoms with E-state index in [1.165, 1.54) is 13.1 Å². The summed E-state index contributed by atoms with van der Waals surface area (Å²) in [6.07, 6.45) is 1.35. The van der Waals surface area contributed by atoms with E-state index in [4.69, 9.17) is 32.4 Å². The number of carbonyl (C=O) groups is 2. The molecule has 1 aromatic carbocycles. The number of aromatic nitrogens is 2. The normalized spacial score (nSPS) is 12.6. The molecule has 34 heavy (non-hydrogen) atoms. The van der Waals surface area contributed by atoms with Gasteiger partial charge in [-0.15, -0.1) is 0 Å². The lowest BCUT2D eigenvalue weighted by Crippen LogP contribution is -2.45. The Bertz CT molecular complexity index is 1320. The van der Waals surface area contributed by atoms with E-state index in [0.717, 1.165) is 10.9 Å². The smallest absolute Gasteiger partial charge is 0.408 e. The molecule has 0 radical (unpaired) electrons. The van der Waals surface area contributed by atoms with E-state index in [9.17, 15) is 19.5 Å². The van der Waals surface area contributed by atoms with Crippen LogP contribution in [0.4, 0.5) is 4.79 Å². The van der Waals surface area contributed by atoms with Gasteiger partial charge in [0.05, 0.1) is 22.5 Å². The van der Waals surface area contributed by atoms with Crippen molar-refractivity contribution in [2.24, 2.45) is 5.10 Å². The Morgan fingerprint density at radius 3 is 2.56 bits per heavy atom. The highest BCUT2D eigenvalue weighted by molar-refractivity contribution is 6.42. The van der Waals surface area contributed by atoms with Crippen molar-refractivity contribution in [3.05, 3.63) is 62.8 Å². The van der Waals surface area contributed by atoms with Crippen molar-refractivity contribution in [1.82, 2.24) is 14.6 Å². The van der Waals surface area contributed by atoms with E-state index >= 15 is 0 Å². The topological polar surface area (TPSA) is 128 Å². The zero-order valence-electron chi connectivity index (χ0n) is 18.7. The van der Waals surface area contributed by atoms with Gasteiger partial charge in [0.25, 0.3) is 5.91 Å². The molecule has 12 heteroatoms. The van der Waals surface area contributed by atoms with E-state index in [2.05, 4.69) is 10.4 Å². The van der Waals surface area contributed by atoms with E-state index < -0.39 is 35.2 Å². The van der Waals surface area contributed by atoms with E-state index in [0.29, 0.717) is 31.7 Å². The maximum absolute atomic E-state index is 12.6. The van der Waals surface area contributed by atoms with Crippen LogP contribution in [0.5, 0.6) is 5.88 Å². The van der Waals surface area contributed by atoms with Gasteiger partial charge in [0, 0.05) is 5.56 Å². The minimum absolute atomic E-state index is 0.298. The van der Waals surface area contributed by atoms with E-state index in [-0.39, 0.29) is 0 Å². The first kappa shape index (κ1) is 25.1. The van der Waals surface area contributed by atoms with Crippen molar-refractivity contribution in [2.45, 2.75) is 39.3 Å². The standard InChI is InChI=1S/C22H22Cl2N4O6/c1-12(26-20(31)34-22(2,3)4)19(30)28-18(29)11-27(21(28)32)25-10-14-6-8-17(33-14)13-5-7-15(23)16(24)9-13/h5-12,29H,1-4H3,(H,26,31). The second-order valence-electron chi connectivity index (χ2n) is 8.23. The first-order chi connectivity index (χ1) is 15.9. The monoisotopic (exact) mass is 508 g/mol. The number of imidazole rings is 1. The lowest BCUT2D eigenvalue weighted by Gasteiger charge is -2.21. The van der Waals surface area contributed by atoms with Crippen LogP contribution in [0.15, 0.2) is 50.8 Å². The van der Waals surface area contributed by atoms with Crippen LogP contribution in [-0.2, 0) is 4.74 Å². The van der Waals surface area contributed by atoms with Gasteiger partial charge in [-0.3, -0.25) is 4.79 Å². The number of hydrogen-bond donors (Lipinski definition) is 2. The fourth-order valence-corrected chi connectivity index (χ4v) is 3.10. The molecule has 2 N–H and O–H groups in total. The maximum Gasteiger partial charge on any atom is 0.408 e. The molecule has 180 valence electrons. The molecule has 0 spiro atoms. The van der Waals surface area contributed by atoms with Crippen LogP contribution >= 0.6 is 23.2 Å². The summed E-state index contributed by atoms with van der Waals surface area (Å²) in [5.74, 6) is -0.736. The van der Waals surface area contributed by atoms with Gasteiger partial charge in [-0.1, -0.05) is 23.2 Å². The van der Waals surface area contributed by atoms with E-state index in [1.807, 2.05) is 0 Å². The second-order valence-corrected chi connectivity index (χ2v) is 9.05. The molecule has 1 unspecified atom stereocenters. The average Bonchev–Trinajstić information content (AvgIpc) is 3.30. The molecule has 0 aliphatic rings. The van der Waals surface area contributed by atoms with Gasteiger partial charge < -0.3 is 19.6 Å². The number of benzene rings is 1. The van der Waals surface area contributed by atoms with Gasteiger partial charge in [0.1, 0.15) is 23.2 Å². The molecule has 0 fully saturated rings. The van der Waals surface area contributed by atoms with Crippen LogP contribution in [0.3, 0.4) is 0 Å². The number of rotatable bonds is 5. The summed E-state index contributed by atoms with van der Waals surface area (Å²) >= 11 is 12.0. The highest BCUT2D eigenvalue weighted by Gasteiger charge is 2.26. The summed E-state index contributed by atoms with van der Waals surface area (Å²) in [5, 5.41) is 17.1. The Labute approximate surface area is 204 Å². The molecule has 1 atom stereocenters. The van der Waals surface area contributed by atoms with Crippen LogP contribution in [-0.4, -0.2) is 44.2 Å². The number of ether oxygens (including phenoxy) is 1. The van der Waals surface area contributed by atoms with Gasteiger partial charge in [-0.25, -0.2) is 9.59 Å². The van der Waals surface area contributed by atoms with Crippen LogP contribution in [0.2, 0.25) is 10.0 Å². The van der Waals surface area contributed by atoms with Gasteiger partial charge >= 0.3 is 11.8 Å². The predicted molar refractivity (Wildman–Crippen MR) is 127 cm³/mol. The van der Waals surface area contributed by atoms with Gasteiger partial charge in [-0.2, -0.15) is 14.3 Å². The Balaban J connectivity index is 1.76. The second kappa shape index (κ2) is 9.78. The number of amides is 1. The van der Waals surface area contributed by atoms with Crippen LogP contribution < -0.4 is 11.0 Å². The fraction of sp³-hybridized carbons (Fsp3) is 0.273. The molecule has 3 aromatic rings. The number of halogens is 2. The summed E-state index contributed by atoms with van der Waals surface area (Å²) in [4.78, 5) is 37.1. The number of nitrogens with one attached hydrogen (secondary N) is 1. The number of alkyl carbamates (subject to hydrolysis) is 1. The molecule has 3 rings (SSSR count). The number of hydrogen-bond acceptors (Lipinski definition) is 7. The van der Waals surface area contributed by atoms with Crippen molar-refractivity contribution >= 4 is 41.4 Å². The summed E-state index contributed by atoms with van der Waals surface area (Å²) in [6.45, 7) is 6.35. The molecule has 0 saturated carbocycles. The van der Waals surface area contributed by atoms with Crippen LogP contribution in [0, 0.1) is 0 Å². The number of aromatic hydroxyl groups is 1. The van der Waals surface area contributed by atoms with Crippen molar-refractivity contribution in [3.8, 4) is 17.2 Å². The van der Waals surface area contributed by atoms with Crippen LogP contribution in [0.1, 0.15) is 38.2 Å². The molecule has 0 saturated heterocycles. The predicted octanol–water partition coefficient (Wildman–Crippen LogP) is 4.36. The quantitative estimate of drug-likeness (QED) is 0.492. The molecular formula is C22H22Cl2N4O6. The molecule has 0 aliphatic carbocycles. The highest BCUT2D eigenvalue weighted by Crippen LogP contribution is 2.29. The SMILES string of the molecule is CC(NC(=O)OC(C)(C)C)C(=O)n1c(O)cn(N=Cc2ccc(-c3ccc(Cl)c(Cl)c3)o2)c1=O. The highest BCUT2D eigenvalue weighted by atomic mass is 35.5. The Hall–Kier alpha value is -3.50. The number of carbonyl (C=O) groups excluding carboxylic acids is 2. The van der Waals surface area contributed by atoms with Gasteiger partial charge in [-0.05, 0) is 58.0 Å². The number of furan rings is 1. The summed E-state index contributed by atoms with van der Waals surface area (Å²) in [5.41, 5.74) is -1.02. The first-order valence-electron chi connectivity index (χ1n) is 10.0. The molecule has 0 bridgehead atoms. The minimum atomic E-state index is -1.16. The molecular weight excluding hydrogens is 487 g/mol. The Morgan fingerprint density at radius 2 is 1.91 bits per heavy atom. The Kier molecular flexibility index (Phi) is 7.23. The minimum Gasteiger partial charge on any atom is -0.493 e. The lowest BCUT2D eigenvalue weighted by atomic mass is 10.2. The zero-order chi connectivity index (χ0) is 25.2. The largest absolute Gasteiger partial charge is 0.493 e. The molecule has 1 amide bonds. The van der Waals surface area contributed by atoms with Gasteiger partial charge in [0.15, 0.2) is 0 Å². The molecule has 2 heterocycles. The van der Waals surface area contributed by atoms with Crippen molar-refractivity contribution in [1.29, 1.82) is 0 Å². The molecule has 10 nitrogen and oxygen atoms in total. The van der Waals surface area contributed by atoms with Crippen molar-refractivity contribution in [2.75, 3.05) is 0 Å². The molecule has 0 aliphatic heterocycles. The third-order valence-corrected chi connectivity index (χ3v) is 5.06. The van der Waals surface area contributed by atoms with E-state index in [1.54, 1.807) is 51.1 Å². The Morgan fingerprint density at radius 1 is 1.21 bits per heavy atom. The summed E-state index contributed by atoms with van der Waals surface area (Å²) < 4.78 is 12.0. The van der Waals surface area contributed by atoms with Crippen LogP contribution in [0.25, 0.3) is 11.3 Å². The summed E-state index contributed by atoms with van der Waals surface area (Å²) in [7, 11) is 0. The third-order valence-electron chi connectivity index (χ3n) is 4.32. The number of nitrogens with zero attached hydrogens (tertiary/aromatic N) is 3. The molecule has 2 aromatic heterocycles. The van der Waals surface area contributed by atoms with Crippen molar-refractivity contribution in [3.63, 3.8) is 0 Å². The third kappa shape index (κ3) is 5.89. The maximum atomic E-state index is 12.6.